The van der Waals surface area contributed by atoms with Gasteiger partial charge in [0, 0.05) is 91.5 Å². The number of carbonyl (C=O) groups is 5. The molecule has 0 N–H and O–H groups in total. The Labute approximate surface area is 366 Å². The zero-order chi connectivity index (χ0) is 38.2. The molecular formula is C36H52BrCl2CuI2O8Zn. The average Bonchev–Trinajstić information content (AvgIpc) is 3.08. The molecule has 8 rings (SSSR count). The van der Waals surface area contributed by atoms with Gasteiger partial charge in [-0.15, -0.1) is 0 Å². The third-order valence-electron chi connectivity index (χ3n) is 10.6. The smallest absolute Gasteiger partial charge is 0 e. The number of esters is 3. The molecule has 8 bridgehead atoms. The summed E-state index contributed by atoms with van der Waals surface area (Å²) in [6.07, 6.45) is 12.2. The zero-order valence-corrected chi connectivity index (χ0v) is 41.4. The Bertz CT molecular complexity index is 1120. The second-order valence-corrected chi connectivity index (χ2v) is 15.0. The molecule has 0 atom stereocenters. The number of hydrogen-bond donors (Lipinski definition) is 0. The van der Waals surface area contributed by atoms with Gasteiger partial charge in [0.05, 0.1) is 19.6 Å². The van der Waals surface area contributed by atoms with E-state index in [2.05, 4.69) is 96.3 Å². The predicted octanol–water partition coefficient (Wildman–Crippen LogP) is 9.99. The maximum Gasteiger partial charge on any atom is 0 e. The van der Waals surface area contributed by atoms with Crippen molar-refractivity contribution in [2.24, 2.45) is 47.3 Å². The molecule has 0 aromatic rings. The predicted molar refractivity (Wildman–Crippen MR) is 214 cm³/mol. The van der Waals surface area contributed by atoms with Gasteiger partial charge in [-0.25, -0.2) is 4.79 Å². The van der Waals surface area contributed by atoms with Crippen LogP contribution in [0, 0.1) is 47.3 Å². The van der Waals surface area contributed by atoms with Gasteiger partial charge in [0.2, 0.25) is 5.24 Å². The fourth-order valence-corrected chi connectivity index (χ4v) is 9.18. The van der Waals surface area contributed by atoms with Crippen molar-refractivity contribution < 1.29 is 72.8 Å². The fourth-order valence-electron chi connectivity index (χ4n) is 9.02. The Morgan fingerprint density at radius 2 is 1.12 bits per heavy atom. The summed E-state index contributed by atoms with van der Waals surface area (Å²) >= 11 is 15.7. The van der Waals surface area contributed by atoms with Gasteiger partial charge in [-0.2, -0.15) is 0 Å². The van der Waals surface area contributed by atoms with Gasteiger partial charge in [0.1, 0.15) is 16.7 Å². The summed E-state index contributed by atoms with van der Waals surface area (Å²) in [5.74, 6) is 4.81. The van der Waals surface area contributed by atoms with Gasteiger partial charge in [-0.05, 0) is 127 Å². The Hall–Kier alpha value is 0.893. The molecule has 0 aromatic heterocycles. The second-order valence-electron chi connectivity index (χ2n) is 14.1. The number of halogens is 5. The van der Waals surface area contributed by atoms with Crippen LogP contribution in [0.1, 0.15) is 98.3 Å². The van der Waals surface area contributed by atoms with Crippen LogP contribution in [0.5, 0.6) is 0 Å². The van der Waals surface area contributed by atoms with Crippen molar-refractivity contribution in [2.75, 3.05) is 18.5 Å². The third kappa shape index (κ3) is 16.1. The van der Waals surface area contributed by atoms with Crippen molar-refractivity contribution in [1.29, 1.82) is 0 Å². The topological polar surface area (TPSA) is 113 Å². The van der Waals surface area contributed by atoms with Gasteiger partial charge in [0.15, 0.2) is 0 Å². The Kier molecular flexibility index (Phi) is 27.2. The summed E-state index contributed by atoms with van der Waals surface area (Å²) in [7, 11) is 4.20. The van der Waals surface area contributed by atoms with E-state index in [9.17, 15) is 24.0 Å². The van der Waals surface area contributed by atoms with Gasteiger partial charge < -0.3 is 14.2 Å². The second kappa shape index (κ2) is 26.7. The van der Waals surface area contributed by atoms with Crippen molar-refractivity contribution in [1.82, 2.24) is 0 Å². The van der Waals surface area contributed by atoms with Gasteiger partial charge in [-0.1, -0.05) is 29.1 Å². The summed E-state index contributed by atoms with van der Waals surface area (Å²) < 4.78 is 15.6. The molecule has 51 heavy (non-hydrogen) atoms. The van der Waals surface area contributed by atoms with Crippen LogP contribution in [-0.4, -0.2) is 53.1 Å². The van der Waals surface area contributed by atoms with E-state index in [0.29, 0.717) is 59.1 Å². The van der Waals surface area contributed by atoms with Crippen molar-refractivity contribution in [3.05, 3.63) is 24.3 Å². The Balaban J connectivity index is 0.000000720. The summed E-state index contributed by atoms with van der Waals surface area (Å²) in [6, 6.07) is 0. The van der Waals surface area contributed by atoms with Gasteiger partial charge >= 0.3 is 43.1 Å². The first kappa shape index (κ1) is 51.9. The first-order chi connectivity index (χ1) is 23.7. The molecule has 0 amide bonds. The van der Waals surface area contributed by atoms with E-state index in [1.54, 1.807) is 27.7 Å². The number of ether oxygens (including phenoxy) is 3. The fraction of sp³-hybridized carbons (Fsp3) is 0.750. The van der Waals surface area contributed by atoms with E-state index in [1.165, 1.54) is 38.5 Å². The quantitative estimate of drug-likeness (QED) is 0.0449. The van der Waals surface area contributed by atoms with E-state index in [0.717, 1.165) is 49.4 Å². The van der Waals surface area contributed by atoms with Crippen molar-refractivity contribution in [3.63, 3.8) is 0 Å². The van der Waals surface area contributed by atoms with Crippen molar-refractivity contribution in [2.45, 2.75) is 104 Å². The first-order valence-corrected chi connectivity index (χ1v) is 26.2. The molecule has 8 aliphatic carbocycles. The maximum atomic E-state index is 12.2. The number of rotatable bonds is 8. The normalized spacial score (nSPS) is 30.5. The molecule has 15 heteroatoms. The van der Waals surface area contributed by atoms with Crippen LogP contribution in [0.25, 0.3) is 0 Å². The molecular weight excluding hydrogens is 1090 g/mol. The summed E-state index contributed by atoms with van der Waals surface area (Å²) in [4.78, 5) is 55.9. The van der Waals surface area contributed by atoms with E-state index < -0.39 is 10.8 Å². The van der Waals surface area contributed by atoms with Gasteiger partial charge in [-0.3, -0.25) is 19.2 Å². The molecule has 0 unspecified atom stereocenters. The molecule has 0 aromatic carbocycles. The largest absolute Gasteiger partial charge is 0 e. The van der Waals surface area contributed by atoms with Crippen molar-refractivity contribution in [3.8, 4) is 0 Å². The van der Waals surface area contributed by atoms with Crippen LogP contribution in [0.4, 0.5) is 0 Å². The van der Waals surface area contributed by atoms with E-state index in [-0.39, 0.29) is 43.8 Å². The number of ketones is 1. The van der Waals surface area contributed by atoms with Gasteiger partial charge in [0.25, 0.3) is 0 Å². The van der Waals surface area contributed by atoms with Crippen LogP contribution in [0.2, 0.25) is 0 Å². The summed E-state index contributed by atoms with van der Waals surface area (Å²) in [5, 5.41) is -0.170. The molecule has 0 spiro atoms. The number of allylic oxidation sites excluding steroid dienone is 1. The van der Waals surface area contributed by atoms with Crippen LogP contribution in [0.15, 0.2) is 24.3 Å². The summed E-state index contributed by atoms with van der Waals surface area (Å²) in [6.45, 7) is 14.6. The van der Waals surface area contributed by atoms with Crippen LogP contribution < -0.4 is 0 Å². The molecule has 8 fully saturated rings. The number of hydrogen-bond acceptors (Lipinski definition) is 8. The molecule has 0 radical (unpaired) electrons. The summed E-state index contributed by atoms with van der Waals surface area (Å²) in [5.41, 5.74) is 0.129. The van der Waals surface area contributed by atoms with Crippen LogP contribution in [-0.2, 0) is 72.8 Å². The van der Waals surface area contributed by atoms with E-state index >= 15 is 0 Å². The zero-order valence-electron chi connectivity index (χ0n) is 30.1. The first-order valence-electron chi connectivity index (χ1n) is 17.1. The molecule has 0 saturated heterocycles. The molecule has 8 aliphatic rings. The number of alkyl halides is 1. The Morgan fingerprint density at radius 3 is 1.41 bits per heavy atom. The minimum Gasteiger partial charge on any atom is 0 e. The van der Waals surface area contributed by atoms with Crippen LogP contribution >= 0.6 is 74.9 Å². The molecule has 292 valence electrons. The number of Topliss-reactive ketones (excluding diaryl/α,β-unsaturated/α-hetero) is 1. The maximum absolute atomic E-state index is 12.2. The Morgan fingerprint density at radius 1 is 0.765 bits per heavy atom. The monoisotopic (exact) mass is 1140 g/mol. The standard InChI is InChI=1S/C18H26O4.C10H14O.C4H7BrO2.C4H5ClO.ClH.Cu.I2.Zn/c1-4-21-16(19)10-18(22-17(20)11(2)3)14-6-12-5-13(8-14)9-15(18)7-12;11-10-8-2-6-1-7(4-8)5-9(10)3-6;1-2-7-4(6)3-5;1-3(2)4(5)6;;;1-2;/h12-15H,2,4-10H2,1,3H3;6-9H,1-5H2;2-3H2,1H3;1H2,2H3;1H;;;/q;;;;;+1;;/p-1. The van der Waals surface area contributed by atoms with E-state index in [1.807, 2.05) is 0 Å². The minimum atomic E-state index is -0.657. The number of carbonyl (C=O) groups excluding carboxylic acids is 5. The molecule has 8 nitrogen and oxygen atoms in total. The SMILES string of the molecule is C=C(C)C(=O)Cl.C=C(C)C(=O)OC1(CC(=O)OCC)C2CC3CC(C2)CC1C3.CCOC(=O)CBr.II.O=C1C2CC3CC(C2)CC1C3.[Cl][Cu].[Zn]. The average molecular weight is 1150 g/mol. The van der Waals surface area contributed by atoms with E-state index in [4.69, 9.17) is 21.1 Å². The molecule has 0 heterocycles. The third-order valence-corrected chi connectivity index (χ3v) is 11.4. The minimum absolute atomic E-state index is 0. The molecule has 0 aliphatic heterocycles. The van der Waals surface area contributed by atoms with Crippen LogP contribution in [0.3, 0.4) is 0 Å². The van der Waals surface area contributed by atoms with Crippen molar-refractivity contribution >= 4 is 104 Å². The molecule has 8 saturated carbocycles.